The van der Waals surface area contributed by atoms with Crippen molar-refractivity contribution >= 4 is 34.7 Å². The first kappa shape index (κ1) is 24.9. The number of para-hydroxylation sites is 1. The van der Waals surface area contributed by atoms with Crippen LogP contribution in [0.3, 0.4) is 0 Å². The molecule has 0 radical (unpaired) electrons. The second-order valence-electron chi connectivity index (χ2n) is 8.14. The van der Waals surface area contributed by atoms with E-state index in [9.17, 15) is 13.6 Å². The average molecular weight is 519 g/mol. The van der Waals surface area contributed by atoms with Crippen molar-refractivity contribution < 1.29 is 13.6 Å². The molecule has 1 fully saturated rings. The fourth-order valence-electron chi connectivity index (χ4n) is 3.88. The summed E-state index contributed by atoms with van der Waals surface area (Å²) in [5.41, 5.74) is 0.313. The molecule has 6 nitrogen and oxygen atoms in total. The summed E-state index contributed by atoms with van der Waals surface area (Å²) >= 11 is 12.6. The summed E-state index contributed by atoms with van der Waals surface area (Å²) in [6, 6.07) is 10.8. The molecule has 1 aliphatic rings. The van der Waals surface area contributed by atoms with Gasteiger partial charge in [-0.1, -0.05) is 34.4 Å². The van der Waals surface area contributed by atoms with Crippen LogP contribution < -0.4 is 5.56 Å². The van der Waals surface area contributed by atoms with Gasteiger partial charge in [-0.25, -0.2) is 8.78 Å². The highest BCUT2D eigenvalue weighted by Crippen LogP contribution is 2.28. The third kappa shape index (κ3) is 5.55. The minimum Gasteiger partial charge on any atom is -0.392 e. The highest BCUT2D eigenvalue weighted by molar-refractivity contribution is 6.37. The monoisotopic (exact) mass is 518 g/mol. The number of hydrogen-bond acceptors (Lipinski definition) is 4. The number of pyridine rings is 1. The molecule has 0 bridgehead atoms. The van der Waals surface area contributed by atoms with Gasteiger partial charge < -0.3 is 9.74 Å². The number of rotatable bonds is 5. The molecule has 1 aliphatic heterocycles. The second-order valence-corrected chi connectivity index (χ2v) is 8.95. The van der Waals surface area contributed by atoms with Crippen LogP contribution in [0.5, 0.6) is 0 Å². The molecular weight excluding hydrogens is 497 g/mol. The van der Waals surface area contributed by atoms with Crippen LogP contribution in [0.15, 0.2) is 64.7 Å². The standard InChI is InChI=1S/C25H22Cl2F2N4O2/c1-15(30)32-11-9-18(10-12-32)35-31-24(19-7-6-17(28)13-22(19)29)16-5-8-23(34)33(14-16)25-20(26)3-2-4-21(25)27/h2-8,13-14,18,30H,9-12H2,1H3. The smallest absolute Gasteiger partial charge is 0.255 e. The number of benzene rings is 2. The highest BCUT2D eigenvalue weighted by Gasteiger charge is 2.22. The Kier molecular flexibility index (Phi) is 7.52. The van der Waals surface area contributed by atoms with Crippen LogP contribution in [0, 0.1) is 17.0 Å². The van der Waals surface area contributed by atoms with Crippen molar-refractivity contribution in [3.63, 3.8) is 0 Å². The summed E-state index contributed by atoms with van der Waals surface area (Å²) < 4.78 is 29.7. The predicted molar refractivity (Wildman–Crippen MR) is 133 cm³/mol. The summed E-state index contributed by atoms with van der Waals surface area (Å²) in [4.78, 5) is 20.4. The largest absolute Gasteiger partial charge is 0.392 e. The van der Waals surface area contributed by atoms with Gasteiger partial charge in [0.2, 0.25) is 0 Å². The van der Waals surface area contributed by atoms with Crippen LogP contribution in [0.4, 0.5) is 8.78 Å². The number of hydrogen-bond donors (Lipinski definition) is 1. The van der Waals surface area contributed by atoms with Crippen LogP contribution in [0.2, 0.25) is 10.0 Å². The van der Waals surface area contributed by atoms with Gasteiger partial charge in [-0.3, -0.25) is 14.8 Å². The molecule has 35 heavy (non-hydrogen) atoms. The van der Waals surface area contributed by atoms with Gasteiger partial charge in [0, 0.05) is 55.4 Å². The van der Waals surface area contributed by atoms with Crippen LogP contribution >= 0.6 is 23.2 Å². The Morgan fingerprint density at radius 3 is 2.40 bits per heavy atom. The normalized spacial score (nSPS) is 14.8. The van der Waals surface area contributed by atoms with E-state index in [1.54, 1.807) is 25.1 Å². The molecule has 0 saturated carbocycles. The van der Waals surface area contributed by atoms with Crippen molar-refractivity contribution in [2.24, 2.45) is 5.16 Å². The molecule has 182 valence electrons. The molecule has 0 atom stereocenters. The first-order chi connectivity index (χ1) is 16.7. The highest BCUT2D eigenvalue weighted by atomic mass is 35.5. The molecule has 0 aliphatic carbocycles. The summed E-state index contributed by atoms with van der Waals surface area (Å²) in [5, 5.41) is 12.5. The minimum absolute atomic E-state index is 0.00891. The quantitative estimate of drug-likeness (QED) is 0.269. The van der Waals surface area contributed by atoms with E-state index >= 15 is 0 Å². The van der Waals surface area contributed by atoms with Crippen molar-refractivity contribution in [1.29, 1.82) is 5.41 Å². The zero-order valence-corrected chi connectivity index (χ0v) is 20.3. The van der Waals surface area contributed by atoms with E-state index in [0.717, 1.165) is 12.1 Å². The lowest BCUT2D eigenvalue weighted by Crippen LogP contribution is -2.39. The fraction of sp³-hybridized carbons (Fsp3) is 0.240. The SMILES string of the molecule is CC(=N)N1CCC(ON=C(c2ccc(=O)n(-c3c(Cl)cccc3Cl)c2)c2ccc(F)cc2F)CC1. The van der Waals surface area contributed by atoms with Crippen molar-refractivity contribution in [2.75, 3.05) is 13.1 Å². The Morgan fingerprint density at radius 2 is 1.77 bits per heavy atom. The van der Waals surface area contributed by atoms with Crippen LogP contribution in [0.1, 0.15) is 30.9 Å². The molecule has 3 aromatic rings. The Balaban J connectivity index is 1.75. The van der Waals surface area contributed by atoms with E-state index in [1.807, 2.05) is 4.90 Å². The molecule has 0 amide bonds. The summed E-state index contributed by atoms with van der Waals surface area (Å²) in [6.07, 6.45) is 2.47. The number of likely N-dealkylation sites (tertiary alicyclic amines) is 1. The zero-order chi connectivity index (χ0) is 25.1. The topological polar surface area (TPSA) is 70.7 Å². The lowest BCUT2D eigenvalue weighted by atomic mass is 10.0. The lowest BCUT2D eigenvalue weighted by Gasteiger charge is -2.31. The first-order valence-corrected chi connectivity index (χ1v) is 11.7. The maximum atomic E-state index is 14.8. The summed E-state index contributed by atoms with van der Waals surface area (Å²) in [6.45, 7) is 3.02. The van der Waals surface area contributed by atoms with Crippen LogP contribution in [0.25, 0.3) is 5.69 Å². The van der Waals surface area contributed by atoms with Gasteiger partial charge in [0.25, 0.3) is 5.56 Å². The number of piperidine rings is 1. The van der Waals surface area contributed by atoms with Gasteiger partial charge in [-0.05, 0) is 37.3 Å². The van der Waals surface area contributed by atoms with Crippen molar-refractivity contribution in [3.05, 3.63) is 97.9 Å². The maximum absolute atomic E-state index is 14.8. The Labute approximate surface area is 210 Å². The van der Waals surface area contributed by atoms with Gasteiger partial charge in [0.05, 0.1) is 21.6 Å². The summed E-state index contributed by atoms with van der Waals surface area (Å²) in [5.74, 6) is -1.06. The average Bonchev–Trinajstić information content (AvgIpc) is 2.82. The molecule has 1 aromatic heterocycles. The maximum Gasteiger partial charge on any atom is 0.255 e. The van der Waals surface area contributed by atoms with E-state index in [2.05, 4.69) is 5.16 Å². The molecule has 0 spiro atoms. The van der Waals surface area contributed by atoms with Crippen molar-refractivity contribution in [1.82, 2.24) is 9.47 Å². The van der Waals surface area contributed by atoms with E-state index in [4.69, 9.17) is 33.4 Å². The Morgan fingerprint density at radius 1 is 1.09 bits per heavy atom. The first-order valence-electron chi connectivity index (χ1n) is 10.9. The predicted octanol–water partition coefficient (Wildman–Crippen LogP) is 5.65. The number of halogens is 4. The molecule has 0 unspecified atom stereocenters. The van der Waals surface area contributed by atoms with Crippen molar-refractivity contribution in [3.8, 4) is 5.69 Å². The van der Waals surface area contributed by atoms with Crippen LogP contribution in [-0.4, -0.2) is 40.2 Å². The van der Waals surface area contributed by atoms with E-state index in [0.29, 0.717) is 37.3 Å². The van der Waals surface area contributed by atoms with Gasteiger partial charge in [-0.15, -0.1) is 0 Å². The van der Waals surface area contributed by atoms with Crippen molar-refractivity contribution in [2.45, 2.75) is 25.9 Å². The van der Waals surface area contributed by atoms with Gasteiger partial charge >= 0.3 is 0 Å². The molecule has 10 heteroatoms. The number of amidine groups is 1. The lowest BCUT2D eigenvalue weighted by molar-refractivity contribution is 0.0232. The Bertz CT molecular complexity index is 1330. The molecule has 2 aromatic carbocycles. The number of nitrogens with zero attached hydrogens (tertiary/aromatic N) is 3. The van der Waals surface area contributed by atoms with Crippen LogP contribution in [-0.2, 0) is 4.84 Å². The second kappa shape index (κ2) is 10.6. The molecule has 1 saturated heterocycles. The third-order valence-corrected chi connectivity index (χ3v) is 6.37. The number of nitrogens with one attached hydrogen (secondary N) is 1. The molecule has 2 heterocycles. The molecule has 4 rings (SSSR count). The van der Waals surface area contributed by atoms with E-state index in [1.165, 1.54) is 29.0 Å². The fourth-order valence-corrected chi connectivity index (χ4v) is 4.46. The minimum atomic E-state index is -0.824. The number of oxime groups is 1. The van der Waals surface area contributed by atoms with Gasteiger partial charge in [0.1, 0.15) is 23.5 Å². The van der Waals surface area contributed by atoms with Gasteiger partial charge in [0.15, 0.2) is 0 Å². The van der Waals surface area contributed by atoms with E-state index < -0.39 is 17.2 Å². The summed E-state index contributed by atoms with van der Waals surface area (Å²) in [7, 11) is 0. The third-order valence-electron chi connectivity index (χ3n) is 5.76. The van der Waals surface area contributed by atoms with E-state index in [-0.39, 0.29) is 33.1 Å². The number of aromatic nitrogens is 1. The molecular formula is C25H22Cl2F2N4O2. The van der Waals surface area contributed by atoms with Gasteiger partial charge in [-0.2, -0.15) is 0 Å². The molecule has 1 N–H and O–H groups in total. The zero-order valence-electron chi connectivity index (χ0n) is 18.8. The Hall–Kier alpha value is -3.23.